The molecule has 0 aliphatic rings. The van der Waals surface area contributed by atoms with Crippen LogP contribution in [0.2, 0.25) is 0 Å². The van der Waals surface area contributed by atoms with Crippen LogP contribution in [0.4, 0.5) is 9.18 Å². The number of hydrogen-bond acceptors (Lipinski definition) is 2. The molecule has 92 valence electrons. The molecule has 0 heterocycles. The lowest BCUT2D eigenvalue weighted by Crippen LogP contribution is -2.37. The van der Waals surface area contributed by atoms with Gasteiger partial charge >= 0.3 is 6.03 Å². The van der Waals surface area contributed by atoms with Gasteiger partial charge in [-0.1, -0.05) is 6.07 Å². The molecule has 17 heavy (non-hydrogen) atoms. The minimum atomic E-state index is -0.673. The van der Waals surface area contributed by atoms with Gasteiger partial charge in [0, 0.05) is 13.1 Å². The Bertz CT molecular complexity index is 440. The molecule has 0 fully saturated rings. The number of benzene rings is 1. The van der Waals surface area contributed by atoms with Gasteiger partial charge in [0.15, 0.2) is 0 Å². The molecule has 0 aliphatic carbocycles. The number of halogens is 2. The standard InChI is InChI=1S/C10H11BrFN3O2/c11-7-3-1-2-6(8(7)12)9(16)14-4-5-15-10(13)17/h1-3H,4-5H2,(H,14,16)(H3,13,15,17). The second kappa shape index (κ2) is 6.19. The van der Waals surface area contributed by atoms with E-state index in [0.717, 1.165) is 0 Å². The fourth-order valence-electron chi connectivity index (χ4n) is 1.14. The first-order valence-electron chi connectivity index (χ1n) is 4.78. The molecule has 0 radical (unpaired) electrons. The number of hydrogen-bond donors (Lipinski definition) is 3. The van der Waals surface area contributed by atoms with E-state index >= 15 is 0 Å². The monoisotopic (exact) mass is 303 g/mol. The molecular formula is C10H11BrFN3O2. The average molecular weight is 304 g/mol. The minimum absolute atomic E-state index is 0.0570. The molecule has 1 rings (SSSR count). The Balaban J connectivity index is 2.53. The van der Waals surface area contributed by atoms with Crippen molar-refractivity contribution in [1.82, 2.24) is 10.6 Å². The predicted octanol–water partition coefficient (Wildman–Crippen LogP) is 0.986. The molecule has 0 aliphatic heterocycles. The Morgan fingerprint density at radius 3 is 2.59 bits per heavy atom. The van der Waals surface area contributed by atoms with Crippen LogP contribution in [0.25, 0.3) is 0 Å². The van der Waals surface area contributed by atoms with Gasteiger partial charge in [0.1, 0.15) is 5.82 Å². The lowest BCUT2D eigenvalue weighted by molar-refractivity contribution is 0.0949. The topological polar surface area (TPSA) is 84.2 Å². The Morgan fingerprint density at radius 2 is 1.94 bits per heavy atom. The molecule has 4 N–H and O–H groups in total. The Hall–Kier alpha value is -1.63. The van der Waals surface area contributed by atoms with E-state index in [1.54, 1.807) is 6.07 Å². The fraction of sp³-hybridized carbons (Fsp3) is 0.200. The van der Waals surface area contributed by atoms with Gasteiger partial charge in [-0.2, -0.15) is 0 Å². The molecule has 1 aromatic carbocycles. The van der Waals surface area contributed by atoms with Gasteiger partial charge in [-0.3, -0.25) is 4.79 Å². The molecule has 1 aromatic rings. The minimum Gasteiger partial charge on any atom is -0.352 e. The van der Waals surface area contributed by atoms with E-state index < -0.39 is 17.8 Å². The molecule has 0 saturated heterocycles. The lowest BCUT2D eigenvalue weighted by atomic mass is 10.2. The van der Waals surface area contributed by atoms with Gasteiger partial charge in [0.25, 0.3) is 5.91 Å². The van der Waals surface area contributed by atoms with Crippen molar-refractivity contribution in [2.24, 2.45) is 5.73 Å². The van der Waals surface area contributed by atoms with E-state index in [2.05, 4.69) is 26.6 Å². The zero-order valence-electron chi connectivity index (χ0n) is 8.80. The Morgan fingerprint density at radius 1 is 1.29 bits per heavy atom. The molecule has 0 bridgehead atoms. The number of carbonyl (C=O) groups excluding carboxylic acids is 2. The summed E-state index contributed by atoms with van der Waals surface area (Å²) >= 11 is 2.99. The van der Waals surface area contributed by atoms with Crippen LogP contribution < -0.4 is 16.4 Å². The zero-order chi connectivity index (χ0) is 12.8. The third kappa shape index (κ3) is 4.03. The first-order chi connectivity index (χ1) is 8.02. The normalized spacial score (nSPS) is 9.76. The van der Waals surface area contributed by atoms with E-state index in [1.807, 2.05) is 0 Å². The number of amides is 3. The third-order valence-corrected chi connectivity index (χ3v) is 2.52. The van der Waals surface area contributed by atoms with Crippen LogP contribution in [-0.4, -0.2) is 25.0 Å². The summed E-state index contributed by atoms with van der Waals surface area (Å²) in [5.74, 6) is -1.16. The largest absolute Gasteiger partial charge is 0.352 e. The van der Waals surface area contributed by atoms with Crippen molar-refractivity contribution in [3.05, 3.63) is 34.1 Å². The van der Waals surface area contributed by atoms with Gasteiger partial charge in [0.05, 0.1) is 10.0 Å². The van der Waals surface area contributed by atoms with Crippen LogP contribution in [0.5, 0.6) is 0 Å². The van der Waals surface area contributed by atoms with Crippen LogP contribution in [-0.2, 0) is 0 Å². The predicted molar refractivity (Wildman–Crippen MR) is 64.0 cm³/mol. The van der Waals surface area contributed by atoms with Crippen LogP contribution in [0.15, 0.2) is 22.7 Å². The first-order valence-corrected chi connectivity index (χ1v) is 5.57. The maximum absolute atomic E-state index is 13.5. The van der Waals surface area contributed by atoms with Crippen molar-refractivity contribution in [1.29, 1.82) is 0 Å². The maximum atomic E-state index is 13.5. The van der Waals surface area contributed by atoms with Crippen LogP contribution in [0.1, 0.15) is 10.4 Å². The fourth-order valence-corrected chi connectivity index (χ4v) is 1.50. The second-order valence-corrected chi connectivity index (χ2v) is 4.00. The van der Waals surface area contributed by atoms with Crippen molar-refractivity contribution in [3.63, 3.8) is 0 Å². The Kier molecular flexibility index (Phi) is 4.89. The third-order valence-electron chi connectivity index (χ3n) is 1.91. The highest BCUT2D eigenvalue weighted by Crippen LogP contribution is 2.18. The second-order valence-electron chi connectivity index (χ2n) is 3.15. The molecule has 0 atom stereocenters. The smallest absolute Gasteiger partial charge is 0.312 e. The van der Waals surface area contributed by atoms with Gasteiger partial charge in [0.2, 0.25) is 0 Å². The number of primary amides is 1. The average Bonchev–Trinajstić information content (AvgIpc) is 2.27. The molecule has 0 spiro atoms. The zero-order valence-corrected chi connectivity index (χ0v) is 10.4. The Labute approximate surface area is 106 Å². The number of urea groups is 1. The maximum Gasteiger partial charge on any atom is 0.312 e. The van der Waals surface area contributed by atoms with E-state index in [9.17, 15) is 14.0 Å². The van der Waals surface area contributed by atoms with E-state index in [4.69, 9.17) is 5.73 Å². The number of carbonyl (C=O) groups is 2. The summed E-state index contributed by atoms with van der Waals surface area (Å²) < 4.78 is 13.7. The van der Waals surface area contributed by atoms with Crippen molar-refractivity contribution in [2.45, 2.75) is 0 Å². The molecule has 0 aromatic heterocycles. The van der Waals surface area contributed by atoms with Gasteiger partial charge < -0.3 is 16.4 Å². The molecule has 0 unspecified atom stereocenters. The summed E-state index contributed by atoms with van der Waals surface area (Å²) in [5, 5.41) is 4.75. The summed E-state index contributed by atoms with van der Waals surface area (Å²) in [4.78, 5) is 21.9. The van der Waals surface area contributed by atoms with Crippen molar-refractivity contribution in [2.75, 3.05) is 13.1 Å². The number of nitrogens with two attached hydrogens (primary N) is 1. The lowest BCUT2D eigenvalue weighted by Gasteiger charge is -2.07. The van der Waals surface area contributed by atoms with E-state index in [0.29, 0.717) is 0 Å². The van der Waals surface area contributed by atoms with E-state index in [-0.39, 0.29) is 23.1 Å². The summed E-state index contributed by atoms with van der Waals surface area (Å²) in [6.45, 7) is 0.365. The quantitative estimate of drug-likeness (QED) is 0.725. The van der Waals surface area contributed by atoms with Crippen molar-refractivity contribution >= 4 is 27.9 Å². The summed E-state index contributed by atoms with van der Waals surface area (Å²) in [6, 6.07) is 3.76. The number of nitrogens with one attached hydrogen (secondary N) is 2. The highest BCUT2D eigenvalue weighted by Gasteiger charge is 2.12. The van der Waals surface area contributed by atoms with Gasteiger partial charge in [-0.15, -0.1) is 0 Å². The van der Waals surface area contributed by atoms with Gasteiger partial charge in [-0.25, -0.2) is 9.18 Å². The van der Waals surface area contributed by atoms with Crippen molar-refractivity contribution < 1.29 is 14.0 Å². The SMILES string of the molecule is NC(=O)NCCNC(=O)c1cccc(Br)c1F. The molecule has 0 saturated carbocycles. The van der Waals surface area contributed by atoms with Crippen LogP contribution in [0, 0.1) is 5.82 Å². The number of rotatable bonds is 4. The first kappa shape index (κ1) is 13.4. The van der Waals surface area contributed by atoms with Crippen LogP contribution in [0.3, 0.4) is 0 Å². The highest BCUT2D eigenvalue weighted by molar-refractivity contribution is 9.10. The molecule has 5 nitrogen and oxygen atoms in total. The highest BCUT2D eigenvalue weighted by atomic mass is 79.9. The van der Waals surface area contributed by atoms with Crippen molar-refractivity contribution in [3.8, 4) is 0 Å². The van der Waals surface area contributed by atoms with E-state index in [1.165, 1.54) is 12.1 Å². The molecule has 3 amide bonds. The summed E-state index contributed by atoms with van der Waals surface area (Å²) in [6.07, 6.45) is 0. The summed E-state index contributed by atoms with van der Waals surface area (Å²) in [7, 11) is 0. The van der Waals surface area contributed by atoms with Crippen LogP contribution >= 0.6 is 15.9 Å². The molecule has 7 heteroatoms. The van der Waals surface area contributed by atoms with Gasteiger partial charge in [-0.05, 0) is 28.1 Å². The summed E-state index contributed by atoms with van der Waals surface area (Å²) in [5.41, 5.74) is 4.78. The molecular weight excluding hydrogens is 293 g/mol.